The molecule has 3 aromatic rings. The molecular formula is C20H22N6O2. The second-order valence-electron chi connectivity index (χ2n) is 6.58. The summed E-state index contributed by atoms with van der Waals surface area (Å²) in [5, 5.41) is 3.53. The van der Waals surface area contributed by atoms with Gasteiger partial charge in [0.1, 0.15) is 17.4 Å². The number of nitrogens with zero attached hydrogens (tertiary/aromatic N) is 5. The lowest BCUT2D eigenvalue weighted by atomic mass is 10.0. The van der Waals surface area contributed by atoms with Crippen LogP contribution in [0.1, 0.15) is 17.4 Å². The number of benzene rings is 1. The van der Waals surface area contributed by atoms with Gasteiger partial charge in [-0.1, -0.05) is 18.2 Å². The summed E-state index contributed by atoms with van der Waals surface area (Å²) in [5.74, 6) is 2.54. The highest BCUT2D eigenvalue weighted by atomic mass is 16.5. The molecule has 0 aliphatic carbocycles. The normalized spacial score (nSPS) is 16.8. The Kier molecular flexibility index (Phi) is 5.03. The molecule has 1 N–H and O–H groups in total. The van der Waals surface area contributed by atoms with Gasteiger partial charge < -0.3 is 15.0 Å². The van der Waals surface area contributed by atoms with Gasteiger partial charge in [0.2, 0.25) is 5.95 Å². The average Bonchev–Trinajstić information content (AvgIpc) is 2.73. The van der Waals surface area contributed by atoms with Gasteiger partial charge in [0.05, 0.1) is 13.2 Å². The number of aryl methyl sites for hydroxylation is 1. The molecular weight excluding hydrogens is 356 g/mol. The Morgan fingerprint density at radius 3 is 2.79 bits per heavy atom. The highest BCUT2D eigenvalue weighted by molar-refractivity contribution is 5.43. The van der Waals surface area contributed by atoms with Crippen LogP contribution in [0.15, 0.2) is 53.6 Å². The summed E-state index contributed by atoms with van der Waals surface area (Å²) in [7, 11) is 1.67. The topological polar surface area (TPSA) is 85.2 Å². The standard InChI is InChI=1S/C20H22N6O2/c1-14-21-9-7-18(24-14)26-19(27)8-10-23-20(26)25-12-11-22-16(13-25)15-5-3-4-6-17(15)28-2/h3-10,16,22H,11-13H2,1-2H3. The van der Waals surface area contributed by atoms with E-state index in [1.165, 1.54) is 6.07 Å². The van der Waals surface area contributed by atoms with Gasteiger partial charge in [0.15, 0.2) is 0 Å². The number of ether oxygens (including phenoxy) is 1. The number of aromatic nitrogens is 4. The SMILES string of the molecule is COc1ccccc1C1CN(c2nccc(=O)n2-c2ccnc(C)n2)CCN1. The first-order valence-electron chi connectivity index (χ1n) is 9.16. The minimum atomic E-state index is -0.171. The third-order valence-electron chi connectivity index (χ3n) is 4.79. The Bertz CT molecular complexity index is 1030. The maximum Gasteiger partial charge on any atom is 0.260 e. The Morgan fingerprint density at radius 2 is 1.96 bits per heavy atom. The second-order valence-corrected chi connectivity index (χ2v) is 6.58. The number of hydrogen-bond donors (Lipinski definition) is 1. The molecule has 1 saturated heterocycles. The molecule has 1 fully saturated rings. The molecule has 4 rings (SSSR count). The van der Waals surface area contributed by atoms with E-state index in [0.29, 0.717) is 24.1 Å². The number of hydrogen-bond acceptors (Lipinski definition) is 7. The minimum Gasteiger partial charge on any atom is -0.496 e. The van der Waals surface area contributed by atoms with Gasteiger partial charge in [-0.3, -0.25) is 4.79 Å². The number of nitrogens with one attached hydrogen (secondary N) is 1. The van der Waals surface area contributed by atoms with E-state index >= 15 is 0 Å². The molecule has 1 aliphatic rings. The Morgan fingerprint density at radius 1 is 1.14 bits per heavy atom. The molecule has 1 aromatic carbocycles. The molecule has 0 saturated carbocycles. The molecule has 8 nitrogen and oxygen atoms in total. The van der Waals surface area contributed by atoms with E-state index in [-0.39, 0.29) is 11.6 Å². The number of para-hydroxylation sites is 1. The minimum absolute atomic E-state index is 0.0580. The van der Waals surface area contributed by atoms with Crippen molar-refractivity contribution in [3.8, 4) is 11.6 Å². The van der Waals surface area contributed by atoms with Gasteiger partial charge in [-0.2, -0.15) is 0 Å². The molecule has 3 heterocycles. The zero-order chi connectivity index (χ0) is 19.5. The number of rotatable bonds is 4. The van der Waals surface area contributed by atoms with Crippen molar-refractivity contribution in [1.82, 2.24) is 24.8 Å². The van der Waals surface area contributed by atoms with Crippen LogP contribution in [0.2, 0.25) is 0 Å². The van der Waals surface area contributed by atoms with Gasteiger partial charge in [-0.15, -0.1) is 0 Å². The van der Waals surface area contributed by atoms with Crippen molar-refractivity contribution >= 4 is 5.95 Å². The molecule has 28 heavy (non-hydrogen) atoms. The van der Waals surface area contributed by atoms with Crippen molar-refractivity contribution in [2.75, 3.05) is 31.6 Å². The molecule has 0 radical (unpaired) electrons. The maximum atomic E-state index is 12.6. The third-order valence-corrected chi connectivity index (χ3v) is 4.79. The first-order valence-corrected chi connectivity index (χ1v) is 9.16. The maximum absolute atomic E-state index is 12.6. The van der Waals surface area contributed by atoms with Crippen LogP contribution in [0.25, 0.3) is 5.82 Å². The first-order chi connectivity index (χ1) is 13.7. The summed E-state index contributed by atoms with van der Waals surface area (Å²) in [6.45, 7) is 3.94. The molecule has 144 valence electrons. The number of anilines is 1. The van der Waals surface area contributed by atoms with E-state index in [1.807, 2.05) is 18.2 Å². The number of methoxy groups -OCH3 is 1. The van der Waals surface area contributed by atoms with Crippen LogP contribution >= 0.6 is 0 Å². The van der Waals surface area contributed by atoms with Crippen molar-refractivity contribution in [2.24, 2.45) is 0 Å². The molecule has 1 atom stereocenters. The Balaban J connectivity index is 1.72. The largest absolute Gasteiger partial charge is 0.496 e. The van der Waals surface area contributed by atoms with E-state index in [2.05, 4.69) is 31.2 Å². The summed E-state index contributed by atoms with van der Waals surface area (Å²) in [6, 6.07) is 11.2. The molecule has 1 unspecified atom stereocenters. The van der Waals surface area contributed by atoms with E-state index in [0.717, 1.165) is 24.4 Å². The quantitative estimate of drug-likeness (QED) is 0.736. The molecule has 2 aromatic heterocycles. The summed E-state index contributed by atoms with van der Waals surface area (Å²) >= 11 is 0. The van der Waals surface area contributed by atoms with Gasteiger partial charge in [-0.05, 0) is 19.1 Å². The highest BCUT2D eigenvalue weighted by Gasteiger charge is 2.26. The highest BCUT2D eigenvalue weighted by Crippen LogP contribution is 2.28. The van der Waals surface area contributed by atoms with Crippen LogP contribution in [-0.2, 0) is 0 Å². The zero-order valence-corrected chi connectivity index (χ0v) is 15.9. The third kappa shape index (κ3) is 3.46. The van der Waals surface area contributed by atoms with E-state index in [4.69, 9.17) is 4.74 Å². The van der Waals surface area contributed by atoms with Crippen molar-refractivity contribution in [2.45, 2.75) is 13.0 Å². The predicted octanol–water partition coefficient (Wildman–Crippen LogP) is 1.49. The van der Waals surface area contributed by atoms with Crippen LogP contribution in [0.3, 0.4) is 0 Å². The zero-order valence-electron chi connectivity index (χ0n) is 15.9. The predicted molar refractivity (Wildman–Crippen MR) is 106 cm³/mol. The number of piperazine rings is 1. The van der Waals surface area contributed by atoms with Crippen molar-refractivity contribution in [3.05, 3.63) is 70.5 Å². The summed E-state index contributed by atoms with van der Waals surface area (Å²) in [6.07, 6.45) is 3.19. The molecule has 1 aliphatic heterocycles. The summed E-state index contributed by atoms with van der Waals surface area (Å²) in [4.78, 5) is 27.8. The lowest BCUT2D eigenvalue weighted by Gasteiger charge is -2.35. The summed E-state index contributed by atoms with van der Waals surface area (Å²) < 4.78 is 7.06. The molecule has 8 heteroatoms. The van der Waals surface area contributed by atoms with Gasteiger partial charge >= 0.3 is 0 Å². The fourth-order valence-electron chi connectivity index (χ4n) is 3.50. The lowest BCUT2D eigenvalue weighted by molar-refractivity contribution is 0.391. The second kappa shape index (κ2) is 7.77. The monoisotopic (exact) mass is 378 g/mol. The van der Waals surface area contributed by atoms with Crippen molar-refractivity contribution in [3.63, 3.8) is 0 Å². The smallest absolute Gasteiger partial charge is 0.260 e. The van der Waals surface area contributed by atoms with Crippen LogP contribution in [-0.4, -0.2) is 46.3 Å². The van der Waals surface area contributed by atoms with Gasteiger partial charge in [-0.25, -0.2) is 19.5 Å². The van der Waals surface area contributed by atoms with E-state index < -0.39 is 0 Å². The van der Waals surface area contributed by atoms with E-state index in [1.54, 1.807) is 37.1 Å². The van der Waals surface area contributed by atoms with Crippen LogP contribution < -0.4 is 20.5 Å². The lowest BCUT2D eigenvalue weighted by Crippen LogP contribution is -2.48. The molecule has 0 bridgehead atoms. The first kappa shape index (κ1) is 18.1. The Hall–Kier alpha value is -3.26. The van der Waals surface area contributed by atoms with Crippen LogP contribution in [0, 0.1) is 6.92 Å². The van der Waals surface area contributed by atoms with Crippen LogP contribution in [0.5, 0.6) is 5.75 Å². The van der Waals surface area contributed by atoms with Gasteiger partial charge in [0, 0.05) is 43.7 Å². The fraction of sp³-hybridized carbons (Fsp3) is 0.300. The fourth-order valence-corrected chi connectivity index (χ4v) is 3.50. The molecule has 0 spiro atoms. The van der Waals surface area contributed by atoms with Crippen molar-refractivity contribution in [1.29, 1.82) is 0 Å². The van der Waals surface area contributed by atoms with Crippen LogP contribution in [0.4, 0.5) is 5.95 Å². The van der Waals surface area contributed by atoms with Gasteiger partial charge in [0.25, 0.3) is 5.56 Å². The molecule has 0 amide bonds. The van der Waals surface area contributed by atoms with Crippen molar-refractivity contribution < 1.29 is 4.74 Å². The Labute approximate surface area is 162 Å². The summed E-state index contributed by atoms with van der Waals surface area (Å²) in [5.41, 5.74) is 0.910. The van der Waals surface area contributed by atoms with E-state index in [9.17, 15) is 4.79 Å². The average molecular weight is 378 g/mol.